The molecule has 0 radical (unpaired) electrons. The number of carbonyl (C=O) groups excluding carboxylic acids is 1. The fraction of sp³-hybridized carbons (Fsp3) is 0.875. The van der Waals surface area contributed by atoms with Crippen molar-refractivity contribution in [1.82, 2.24) is 0 Å². The number of hydrogen-bond donors (Lipinski definition) is 0. The number of carbonyl (C=O) groups is 1. The van der Waals surface area contributed by atoms with Crippen molar-refractivity contribution < 1.29 is 4.79 Å². The maximum atomic E-state index is 10.6. The molecule has 1 nitrogen and oxygen atoms in total. The first-order chi connectivity index (χ1) is 4.77. The van der Waals surface area contributed by atoms with Crippen molar-refractivity contribution in [2.75, 3.05) is 0 Å². The summed E-state index contributed by atoms with van der Waals surface area (Å²) < 4.78 is 0.497. The molecule has 0 spiro atoms. The molecule has 0 aromatic heterocycles. The quantitative estimate of drug-likeness (QED) is 0.530. The Bertz CT molecular complexity index is 91.3. The Morgan fingerprint density at radius 1 is 1.20 bits per heavy atom. The van der Waals surface area contributed by atoms with Crippen LogP contribution in [0, 0.1) is 0 Å². The molecule has 0 aliphatic heterocycles. The molecule has 0 aromatic carbocycles. The van der Waals surface area contributed by atoms with E-state index in [0.717, 1.165) is 12.8 Å². The zero-order valence-corrected chi connectivity index (χ0v) is 11.2. The third-order valence-corrected chi connectivity index (χ3v) is 2.65. The van der Waals surface area contributed by atoms with Crippen molar-refractivity contribution in [1.29, 1.82) is 0 Å². The van der Waals surface area contributed by atoms with Gasteiger partial charge in [0.15, 0.2) is 0 Å². The van der Waals surface area contributed by atoms with Crippen LogP contribution in [0.2, 0.25) is 0 Å². The summed E-state index contributed by atoms with van der Waals surface area (Å²) in [7, 11) is 0. The van der Waals surface area contributed by atoms with E-state index in [4.69, 9.17) is 0 Å². The molecular weight excluding hydrogens is 321 g/mol. The summed E-state index contributed by atoms with van der Waals surface area (Å²) in [5.41, 5.74) is 0. The molecule has 0 bridgehead atoms. The van der Waals surface area contributed by atoms with E-state index in [1.165, 1.54) is 25.7 Å². The average Bonchev–Trinajstić information content (AvgIpc) is 1.87. The van der Waals surface area contributed by atoms with Gasteiger partial charge >= 0.3 is 78.5 Å². The van der Waals surface area contributed by atoms with Gasteiger partial charge in [-0.15, -0.1) is 0 Å². The normalized spacial score (nSPS) is 9.80. The molecular formula is C8H17BiO. The van der Waals surface area contributed by atoms with E-state index in [2.05, 4.69) is 6.92 Å². The molecule has 0 unspecified atom stereocenters. The van der Waals surface area contributed by atoms with Gasteiger partial charge in [0, 0.05) is 0 Å². The predicted molar refractivity (Wildman–Crippen MR) is 46.9 cm³/mol. The molecule has 0 aliphatic rings. The van der Waals surface area contributed by atoms with Crippen LogP contribution in [0.4, 0.5) is 0 Å². The van der Waals surface area contributed by atoms with Crippen LogP contribution >= 0.6 is 0 Å². The first-order valence-corrected chi connectivity index (χ1v) is 6.30. The van der Waals surface area contributed by atoms with Gasteiger partial charge in [-0.05, 0) is 0 Å². The molecule has 0 rings (SSSR count). The van der Waals surface area contributed by atoms with Crippen molar-refractivity contribution in [3.8, 4) is 0 Å². The molecule has 60 valence electrons. The molecule has 2 heteroatoms. The van der Waals surface area contributed by atoms with Crippen molar-refractivity contribution in [2.45, 2.75) is 45.4 Å². The van der Waals surface area contributed by atoms with E-state index in [1.54, 1.807) is 0 Å². The van der Waals surface area contributed by atoms with E-state index in [9.17, 15) is 4.79 Å². The van der Waals surface area contributed by atoms with Crippen LogP contribution in [0.5, 0.6) is 0 Å². The summed E-state index contributed by atoms with van der Waals surface area (Å²) in [6, 6.07) is 0. The monoisotopic (exact) mass is 338 g/mol. The summed E-state index contributed by atoms with van der Waals surface area (Å²) >= 11 is 0.566. The van der Waals surface area contributed by atoms with Gasteiger partial charge in [-0.25, -0.2) is 0 Å². The van der Waals surface area contributed by atoms with Gasteiger partial charge in [0.1, 0.15) is 0 Å². The molecule has 10 heavy (non-hydrogen) atoms. The molecule has 0 aliphatic carbocycles. The van der Waals surface area contributed by atoms with Gasteiger partial charge in [-0.2, -0.15) is 0 Å². The van der Waals surface area contributed by atoms with Crippen molar-refractivity contribution in [3.63, 3.8) is 0 Å². The van der Waals surface area contributed by atoms with Crippen LogP contribution in [0.1, 0.15) is 45.4 Å². The minimum absolute atomic E-state index is 0.497. The van der Waals surface area contributed by atoms with Crippen molar-refractivity contribution in [3.05, 3.63) is 0 Å². The Balaban J connectivity index is 2.84. The summed E-state index contributed by atoms with van der Waals surface area (Å²) in [5, 5.41) is 0. The topological polar surface area (TPSA) is 17.1 Å². The summed E-state index contributed by atoms with van der Waals surface area (Å²) in [5.74, 6) is 0. The number of rotatable bonds is 6. The van der Waals surface area contributed by atoms with Crippen molar-refractivity contribution in [2.24, 2.45) is 0 Å². The molecule has 0 saturated carbocycles. The predicted octanol–water partition coefficient (Wildman–Crippen LogP) is 1.51. The van der Waals surface area contributed by atoms with Crippen LogP contribution in [0.25, 0.3) is 0 Å². The van der Waals surface area contributed by atoms with Gasteiger partial charge in [0.2, 0.25) is 0 Å². The average molecular weight is 338 g/mol. The zero-order valence-electron chi connectivity index (χ0n) is 6.73. The van der Waals surface area contributed by atoms with Gasteiger partial charge in [0.25, 0.3) is 0 Å². The van der Waals surface area contributed by atoms with E-state index in [0.29, 0.717) is 28.2 Å². The molecule has 0 atom stereocenters. The Morgan fingerprint density at radius 3 is 2.30 bits per heavy atom. The van der Waals surface area contributed by atoms with Crippen LogP contribution in [-0.2, 0) is 4.79 Å². The fourth-order valence-electron chi connectivity index (χ4n) is 0.903. The second-order valence-corrected chi connectivity index (χ2v) is 5.13. The standard InChI is InChI=1S/C8H15O.Bi.2H/c1-2-3-4-5-6-7-8-9;;;/h2-7H2,1H3;;;. The number of hydrogen-bond acceptors (Lipinski definition) is 1. The first kappa shape index (κ1) is 10.6. The fourth-order valence-corrected chi connectivity index (χ4v) is 1.70. The van der Waals surface area contributed by atoms with E-state index in [-0.39, 0.29) is 0 Å². The van der Waals surface area contributed by atoms with Gasteiger partial charge in [-0.1, -0.05) is 0 Å². The van der Waals surface area contributed by atoms with Crippen LogP contribution in [0.15, 0.2) is 0 Å². The SMILES string of the molecule is CCCCCCC[C](=O)[BiH2]. The van der Waals surface area contributed by atoms with Crippen LogP contribution < -0.4 is 0 Å². The number of unbranched alkanes of at least 4 members (excludes halogenated alkanes) is 4. The molecule has 0 amide bonds. The third-order valence-electron chi connectivity index (χ3n) is 1.53. The Labute approximate surface area is 78.4 Å². The van der Waals surface area contributed by atoms with E-state index >= 15 is 0 Å². The van der Waals surface area contributed by atoms with Gasteiger partial charge in [-0.3, -0.25) is 0 Å². The van der Waals surface area contributed by atoms with E-state index in [1.807, 2.05) is 0 Å². The van der Waals surface area contributed by atoms with E-state index < -0.39 is 0 Å². The zero-order chi connectivity index (χ0) is 7.82. The first-order valence-electron chi connectivity index (χ1n) is 4.05. The van der Waals surface area contributed by atoms with Gasteiger partial charge < -0.3 is 0 Å². The Hall–Kier alpha value is 0.553. The second kappa shape index (κ2) is 7.66. The summed E-state index contributed by atoms with van der Waals surface area (Å²) in [6.07, 6.45) is 7.18. The molecule has 0 N–H and O–H groups in total. The molecule has 0 aromatic rings. The molecule has 0 saturated heterocycles. The van der Waals surface area contributed by atoms with Crippen LogP contribution in [-0.4, -0.2) is 28.2 Å². The van der Waals surface area contributed by atoms with Gasteiger partial charge in [0.05, 0.1) is 0 Å². The Kier molecular flexibility index (Phi) is 8.08. The maximum absolute atomic E-state index is 10.6. The minimum atomic E-state index is 0.497. The summed E-state index contributed by atoms with van der Waals surface area (Å²) in [6.45, 7) is 2.21. The van der Waals surface area contributed by atoms with Crippen LogP contribution in [0.3, 0.4) is 0 Å². The third kappa shape index (κ3) is 8.55. The van der Waals surface area contributed by atoms with Crippen molar-refractivity contribution >= 4 is 28.2 Å². The Morgan fingerprint density at radius 2 is 1.80 bits per heavy atom. The second-order valence-electron chi connectivity index (χ2n) is 2.63. The molecule has 0 fully saturated rings. The summed E-state index contributed by atoms with van der Waals surface area (Å²) in [4.78, 5) is 10.6. The molecule has 0 heterocycles.